The molecule has 1 heterocycles. The number of rotatable bonds is 4. The zero-order valence-corrected chi connectivity index (χ0v) is 15.2. The first-order valence-electron chi connectivity index (χ1n) is 8.63. The minimum Gasteiger partial charge on any atom is -0.507 e. The van der Waals surface area contributed by atoms with Crippen molar-refractivity contribution in [3.63, 3.8) is 0 Å². The van der Waals surface area contributed by atoms with Crippen LogP contribution in [0.5, 0.6) is 11.5 Å². The molecule has 0 unspecified atom stereocenters. The van der Waals surface area contributed by atoms with E-state index in [9.17, 15) is 20.3 Å². The summed E-state index contributed by atoms with van der Waals surface area (Å²) in [7, 11) is 0. The average Bonchev–Trinajstić information content (AvgIpc) is 3.13. The lowest BCUT2D eigenvalue weighted by atomic mass is 10.1. The van der Waals surface area contributed by atoms with Gasteiger partial charge in [-0.05, 0) is 42.8 Å². The van der Waals surface area contributed by atoms with E-state index >= 15 is 0 Å². The first kappa shape index (κ1) is 18.2. The second kappa shape index (κ2) is 7.08. The fourth-order valence-electron chi connectivity index (χ4n) is 2.88. The van der Waals surface area contributed by atoms with Crippen molar-refractivity contribution in [3.8, 4) is 23.0 Å². The lowest BCUT2D eigenvalue weighted by Crippen LogP contribution is -1.90. The highest BCUT2D eigenvalue weighted by Gasteiger charge is 2.14. The fraction of sp³-hybridized carbons (Fsp3) is 0.0476. The van der Waals surface area contributed by atoms with Crippen LogP contribution in [-0.4, -0.2) is 26.3 Å². The summed E-state index contributed by atoms with van der Waals surface area (Å²) >= 11 is 0. The van der Waals surface area contributed by atoms with Crippen LogP contribution in [0.3, 0.4) is 0 Å². The lowest BCUT2D eigenvalue weighted by Gasteiger charge is -2.02. The van der Waals surface area contributed by atoms with E-state index in [2.05, 4.69) is 9.98 Å². The van der Waals surface area contributed by atoms with Crippen molar-refractivity contribution in [2.75, 3.05) is 0 Å². The first-order valence-corrected chi connectivity index (χ1v) is 8.63. The van der Waals surface area contributed by atoms with Crippen molar-refractivity contribution in [2.24, 2.45) is 4.99 Å². The monoisotopic (exact) mass is 389 g/mol. The van der Waals surface area contributed by atoms with Crippen LogP contribution in [0.2, 0.25) is 0 Å². The predicted molar refractivity (Wildman–Crippen MR) is 108 cm³/mol. The Morgan fingerprint density at radius 3 is 2.66 bits per heavy atom. The third-order valence-corrected chi connectivity index (χ3v) is 4.41. The smallest absolute Gasteiger partial charge is 0.270 e. The van der Waals surface area contributed by atoms with E-state index < -0.39 is 4.92 Å². The van der Waals surface area contributed by atoms with Crippen LogP contribution in [0.1, 0.15) is 11.1 Å². The number of oxazole rings is 1. The van der Waals surface area contributed by atoms with Crippen molar-refractivity contribution in [1.29, 1.82) is 0 Å². The predicted octanol–water partition coefficient (Wildman–Crippen LogP) is 4.87. The third kappa shape index (κ3) is 3.51. The number of phenolic OH excluding ortho intramolecular Hbond substituents is 2. The maximum absolute atomic E-state index is 10.9. The highest BCUT2D eigenvalue weighted by Crippen LogP contribution is 2.34. The molecule has 0 aliphatic rings. The van der Waals surface area contributed by atoms with Gasteiger partial charge in [-0.1, -0.05) is 12.1 Å². The van der Waals surface area contributed by atoms with Crippen molar-refractivity contribution >= 4 is 28.7 Å². The largest absolute Gasteiger partial charge is 0.507 e. The van der Waals surface area contributed by atoms with Crippen LogP contribution in [0, 0.1) is 17.0 Å². The van der Waals surface area contributed by atoms with Gasteiger partial charge in [0, 0.05) is 23.9 Å². The highest BCUT2D eigenvalue weighted by atomic mass is 16.6. The number of aromatic hydroxyl groups is 2. The molecule has 3 aromatic carbocycles. The summed E-state index contributed by atoms with van der Waals surface area (Å²) in [6, 6.07) is 13.9. The van der Waals surface area contributed by atoms with Gasteiger partial charge in [0.1, 0.15) is 17.0 Å². The quantitative estimate of drug-likeness (QED) is 0.292. The second-order valence-electron chi connectivity index (χ2n) is 6.40. The van der Waals surface area contributed by atoms with E-state index in [1.807, 2.05) is 19.1 Å². The van der Waals surface area contributed by atoms with Gasteiger partial charge >= 0.3 is 0 Å². The Labute approximate surface area is 164 Å². The van der Waals surface area contributed by atoms with Gasteiger partial charge in [0.25, 0.3) is 5.69 Å². The van der Waals surface area contributed by atoms with Crippen molar-refractivity contribution in [1.82, 2.24) is 4.98 Å². The van der Waals surface area contributed by atoms with Crippen LogP contribution >= 0.6 is 0 Å². The molecule has 0 saturated heterocycles. The summed E-state index contributed by atoms with van der Waals surface area (Å²) < 4.78 is 5.76. The maximum Gasteiger partial charge on any atom is 0.270 e. The number of benzene rings is 3. The summed E-state index contributed by atoms with van der Waals surface area (Å²) in [5, 5.41) is 31.1. The summed E-state index contributed by atoms with van der Waals surface area (Å²) in [6.45, 7) is 1.92. The Bertz CT molecular complexity index is 1280. The van der Waals surface area contributed by atoms with Gasteiger partial charge in [-0.2, -0.15) is 0 Å². The summed E-state index contributed by atoms with van der Waals surface area (Å²) in [5.74, 6) is 0.0983. The molecule has 144 valence electrons. The molecule has 1 aromatic heterocycles. The number of para-hydroxylation sites is 1. The number of non-ortho nitro benzene ring substituents is 1. The number of aliphatic imine (C=N–C) groups is 1. The number of fused-ring (bicyclic) bond motifs is 1. The number of hydrogen-bond donors (Lipinski definition) is 2. The van der Waals surface area contributed by atoms with Crippen LogP contribution in [0.4, 0.5) is 11.4 Å². The molecule has 0 bridgehead atoms. The SMILES string of the molecule is Cc1cccc2oc(-c3cc(N=Cc4cc([N+](=O)[O-])ccc4O)ccc3O)nc12. The van der Waals surface area contributed by atoms with Crippen LogP contribution in [-0.2, 0) is 0 Å². The average molecular weight is 389 g/mol. The van der Waals surface area contributed by atoms with Gasteiger partial charge in [-0.3, -0.25) is 15.1 Å². The molecule has 0 spiro atoms. The van der Waals surface area contributed by atoms with E-state index in [1.165, 1.54) is 30.5 Å². The molecule has 0 atom stereocenters. The zero-order chi connectivity index (χ0) is 20.5. The number of nitro benzene ring substituents is 1. The van der Waals surface area contributed by atoms with Gasteiger partial charge in [-0.25, -0.2) is 4.98 Å². The molecule has 2 N–H and O–H groups in total. The Kier molecular flexibility index (Phi) is 4.44. The Morgan fingerprint density at radius 2 is 1.90 bits per heavy atom. The standard InChI is InChI=1S/C21H15N3O5/c1-12-3-2-4-19-20(12)23-21(29-19)16-10-14(5-7-18(16)26)22-11-13-9-15(24(27)28)6-8-17(13)25/h2-11,25-26H,1H3. The fourth-order valence-corrected chi connectivity index (χ4v) is 2.88. The molecule has 29 heavy (non-hydrogen) atoms. The zero-order valence-electron chi connectivity index (χ0n) is 15.2. The number of aromatic nitrogens is 1. The van der Waals surface area contributed by atoms with Gasteiger partial charge in [0.05, 0.1) is 16.2 Å². The summed E-state index contributed by atoms with van der Waals surface area (Å²) in [6.07, 6.45) is 1.31. The number of hydrogen-bond acceptors (Lipinski definition) is 7. The molecular formula is C21H15N3O5. The van der Waals surface area contributed by atoms with Crippen molar-refractivity contribution < 1.29 is 19.6 Å². The molecule has 0 radical (unpaired) electrons. The number of nitrogens with zero attached hydrogens (tertiary/aromatic N) is 3. The van der Waals surface area contributed by atoms with Crippen LogP contribution in [0.25, 0.3) is 22.6 Å². The molecule has 4 aromatic rings. The van der Waals surface area contributed by atoms with Gasteiger partial charge in [-0.15, -0.1) is 0 Å². The minimum atomic E-state index is -0.551. The van der Waals surface area contributed by atoms with Crippen LogP contribution < -0.4 is 0 Å². The van der Waals surface area contributed by atoms with Crippen molar-refractivity contribution in [3.05, 3.63) is 75.8 Å². The van der Waals surface area contributed by atoms with E-state index in [4.69, 9.17) is 4.42 Å². The summed E-state index contributed by atoms with van der Waals surface area (Å²) in [4.78, 5) is 19.1. The number of nitro groups is 1. The Balaban J connectivity index is 1.72. The molecule has 0 saturated carbocycles. The van der Waals surface area contributed by atoms with E-state index in [0.29, 0.717) is 22.4 Å². The minimum absolute atomic E-state index is 0.0219. The number of aryl methyl sites for hydroxylation is 1. The third-order valence-electron chi connectivity index (χ3n) is 4.41. The van der Waals surface area contributed by atoms with E-state index in [-0.39, 0.29) is 28.6 Å². The first-order chi connectivity index (χ1) is 13.9. The maximum atomic E-state index is 10.9. The van der Waals surface area contributed by atoms with Gasteiger partial charge in [0.15, 0.2) is 5.58 Å². The molecule has 8 heteroatoms. The molecule has 8 nitrogen and oxygen atoms in total. The topological polar surface area (TPSA) is 122 Å². The molecule has 0 fully saturated rings. The molecule has 4 rings (SSSR count). The Morgan fingerprint density at radius 1 is 1.10 bits per heavy atom. The molecule has 0 aliphatic carbocycles. The molecule has 0 aliphatic heterocycles. The molecular weight excluding hydrogens is 374 g/mol. The number of phenols is 2. The van der Waals surface area contributed by atoms with E-state index in [0.717, 1.165) is 5.56 Å². The summed E-state index contributed by atoms with van der Waals surface area (Å²) in [5.41, 5.74) is 3.12. The highest BCUT2D eigenvalue weighted by molar-refractivity contribution is 5.87. The van der Waals surface area contributed by atoms with E-state index in [1.54, 1.807) is 18.2 Å². The molecule has 0 amide bonds. The van der Waals surface area contributed by atoms with Crippen LogP contribution in [0.15, 0.2) is 64.0 Å². The lowest BCUT2D eigenvalue weighted by molar-refractivity contribution is -0.384. The van der Waals surface area contributed by atoms with Gasteiger partial charge < -0.3 is 14.6 Å². The van der Waals surface area contributed by atoms with Crippen molar-refractivity contribution in [2.45, 2.75) is 6.92 Å². The van der Waals surface area contributed by atoms with Gasteiger partial charge in [0.2, 0.25) is 5.89 Å². The second-order valence-corrected chi connectivity index (χ2v) is 6.40. The normalized spacial score (nSPS) is 11.3. The Hall–Kier alpha value is -4.20.